The third kappa shape index (κ3) is 4.21. The van der Waals surface area contributed by atoms with Crippen LogP contribution in [0.4, 0.5) is 9.59 Å². The summed E-state index contributed by atoms with van der Waals surface area (Å²) in [6.45, 7) is 6.61. The van der Waals surface area contributed by atoms with Gasteiger partial charge in [-0.15, -0.1) is 0 Å². The minimum atomic E-state index is -1.12. The normalized spacial score (nSPS) is 22.2. The molecule has 0 radical (unpaired) electrons. The first-order valence-corrected chi connectivity index (χ1v) is 9.46. The number of hydrogen-bond acceptors (Lipinski definition) is 5. The van der Waals surface area contributed by atoms with Crippen LogP contribution in [0, 0.1) is 0 Å². The fourth-order valence-corrected chi connectivity index (χ4v) is 3.53. The van der Waals surface area contributed by atoms with E-state index < -0.39 is 23.3 Å². The second kappa shape index (κ2) is 7.69. The Bertz CT molecular complexity index is 746. The highest BCUT2D eigenvalue weighted by Crippen LogP contribution is 2.32. The van der Waals surface area contributed by atoms with E-state index in [0.717, 1.165) is 5.56 Å². The predicted molar refractivity (Wildman–Crippen MR) is 101 cm³/mol. The van der Waals surface area contributed by atoms with Crippen molar-refractivity contribution in [2.45, 2.75) is 44.9 Å². The molecule has 0 aromatic heterocycles. The molecule has 2 fully saturated rings. The SMILES string of the molecule is CC(C)(C)OC(=O)N1CCC2(C1)C(=O)NCCN2C(=O)OCc1ccccc1. The predicted octanol–water partition coefficient (Wildman–Crippen LogP) is 2.13. The van der Waals surface area contributed by atoms with Crippen molar-refractivity contribution in [3.05, 3.63) is 35.9 Å². The number of hydrogen-bond donors (Lipinski definition) is 1. The van der Waals surface area contributed by atoms with Gasteiger partial charge in [-0.1, -0.05) is 30.3 Å². The van der Waals surface area contributed by atoms with Gasteiger partial charge in [0.1, 0.15) is 17.7 Å². The Morgan fingerprint density at radius 1 is 1.14 bits per heavy atom. The maximum atomic E-state index is 12.8. The fraction of sp³-hybridized carbons (Fsp3) is 0.550. The molecule has 2 heterocycles. The highest BCUT2D eigenvalue weighted by Gasteiger charge is 2.54. The largest absolute Gasteiger partial charge is 0.445 e. The van der Waals surface area contributed by atoms with Gasteiger partial charge in [0, 0.05) is 19.6 Å². The van der Waals surface area contributed by atoms with Crippen molar-refractivity contribution in [2.24, 2.45) is 0 Å². The molecular formula is C20H27N3O5. The summed E-state index contributed by atoms with van der Waals surface area (Å²) in [4.78, 5) is 40.8. The molecule has 3 rings (SSSR count). The molecule has 0 aliphatic carbocycles. The van der Waals surface area contributed by atoms with Crippen LogP contribution in [0.5, 0.6) is 0 Å². The molecule has 0 bridgehead atoms. The second-order valence-corrected chi connectivity index (χ2v) is 8.13. The second-order valence-electron chi connectivity index (χ2n) is 8.13. The van der Waals surface area contributed by atoms with Crippen molar-refractivity contribution in [3.8, 4) is 0 Å². The zero-order chi connectivity index (χ0) is 20.4. The Labute approximate surface area is 164 Å². The Balaban J connectivity index is 1.71. The van der Waals surface area contributed by atoms with Crippen LogP contribution in [-0.2, 0) is 20.9 Å². The molecular weight excluding hydrogens is 362 g/mol. The molecule has 0 saturated carbocycles. The summed E-state index contributed by atoms with van der Waals surface area (Å²) in [5.74, 6) is -0.263. The molecule has 1 aromatic rings. The molecule has 8 nitrogen and oxygen atoms in total. The molecule has 3 amide bonds. The van der Waals surface area contributed by atoms with Crippen LogP contribution in [0.15, 0.2) is 30.3 Å². The van der Waals surface area contributed by atoms with E-state index in [1.54, 1.807) is 20.8 Å². The highest BCUT2D eigenvalue weighted by atomic mass is 16.6. The van der Waals surface area contributed by atoms with Crippen molar-refractivity contribution in [3.63, 3.8) is 0 Å². The lowest BCUT2D eigenvalue weighted by atomic mass is 9.93. The van der Waals surface area contributed by atoms with Crippen LogP contribution >= 0.6 is 0 Å². The zero-order valence-corrected chi connectivity index (χ0v) is 16.6. The minimum Gasteiger partial charge on any atom is -0.445 e. The van der Waals surface area contributed by atoms with E-state index in [-0.39, 0.29) is 19.1 Å². The van der Waals surface area contributed by atoms with Gasteiger partial charge >= 0.3 is 12.2 Å². The summed E-state index contributed by atoms with van der Waals surface area (Å²) in [5.41, 5.74) is -0.882. The van der Waals surface area contributed by atoms with Crippen LogP contribution in [0.2, 0.25) is 0 Å². The Morgan fingerprint density at radius 2 is 1.86 bits per heavy atom. The molecule has 2 aliphatic rings. The van der Waals surface area contributed by atoms with E-state index >= 15 is 0 Å². The van der Waals surface area contributed by atoms with E-state index in [1.807, 2.05) is 30.3 Å². The number of carbonyl (C=O) groups excluding carboxylic acids is 3. The maximum Gasteiger partial charge on any atom is 0.411 e. The lowest BCUT2D eigenvalue weighted by Crippen LogP contribution is -2.67. The van der Waals surface area contributed by atoms with Crippen molar-refractivity contribution in [2.75, 3.05) is 26.2 Å². The monoisotopic (exact) mass is 389 g/mol. The van der Waals surface area contributed by atoms with Crippen molar-refractivity contribution in [1.29, 1.82) is 0 Å². The number of nitrogens with one attached hydrogen (secondary N) is 1. The smallest absolute Gasteiger partial charge is 0.411 e. The maximum absolute atomic E-state index is 12.8. The zero-order valence-electron chi connectivity index (χ0n) is 16.6. The number of ether oxygens (including phenoxy) is 2. The van der Waals surface area contributed by atoms with E-state index in [1.165, 1.54) is 9.80 Å². The van der Waals surface area contributed by atoms with E-state index in [0.29, 0.717) is 26.1 Å². The van der Waals surface area contributed by atoms with Gasteiger partial charge < -0.3 is 19.7 Å². The highest BCUT2D eigenvalue weighted by molar-refractivity contribution is 5.92. The van der Waals surface area contributed by atoms with Crippen molar-refractivity contribution in [1.82, 2.24) is 15.1 Å². The summed E-state index contributed by atoms with van der Waals surface area (Å²) in [5, 5.41) is 2.81. The molecule has 1 N–H and O–H groups in total. The summed E-state index contributed by atoms with van der Waals surface area (Å²) in [7, 11) is 0. The van der Waals surface area contributed by atoms with Gasteiger partial charge in [-0.2, -0.15) is 0 Å². The number of carbonyl (C=O) groups is 3. The summed E-state index contributed by atoms with van der Waals surface area (Å²) in [6, 6.07) is 9.36. The first kappa shape index (κ1) is 20.0. The average Bonchev–Trinajstić information content (AvgIpc) is 3.08. The molecule has 28 heavy (non-hydrogen) atoms. The van der Waals surface area contributed by atoms with Crippen LogP contribution < -0.4 is 5.32 Å². The third-order valence-electron chi connectivity index (χ3n) is 4.89. The Morgan fingerprint density at radius 3 is 2.54 bits per heavy atom. The summed E-state index contributed by atoms with van der Waals surface area (Å²) < 4.78 is 10.9. The van der Waals surface area contributed by atoms with Crippen molar-refractivity contribution < 1.29 is 23.9 Å². The van der Waals surface area contributed by atoms with Gasteiger partial charge in [-0.05, 0) is 32.8 Å². The molecule has 2 saturated heterocycles. The standard InChI is InChI=1S/C20H27N3O5/c1-19(2,3)28-17(25)22-11-9-20(14-22)16(24)21-10-12-23(20)18(26)27-13-15-7-5-4-6-8-15/h4-8H,9-14H2,1-3H3,(H,21,24). The number of rotatable bonds is 2. The van der Waals surface area contributed by atoms with Crippen LogP contribution in [0.1, 0.15) is 32.8 Å². The van der Waals surface area contributed by atoms with Crippen LogP contribution in [0.3, 0.4) is 0 Å². The van der Waals surface area contributed by atoms with Crippen LogP contribution in [0.25, 0.3) is 0 Å². The molecule has 1 unspecified atom stereocenters. The molecule has 152 valence electrons. The Kier molecular flexibility index (Phi) is 5.49. The first-order valence-electron chi connectivity index (χ1n) is 9.46. The number of benzene rings is 1. The molecule has 1 spiro atoms. The quantitative estimate of drug-likeness (QED) is 0.837. The van der Waals surface area contributed by atoms with Crippen LogP contribution in [-0.4, -0.2) is 65.2 Å². The van der Waals surface area contributed by atoms with Gasteiger partial charge in [0.05, 0.1) is 6.54 Å². The van der Waals surface area contributed by atoms with E-state index in [2.05, 4.69) is 5.32 Å². The van der Waals surface area contributed by atoms with Gasteiger partial charge in [0.25, 0.3) is 0 Å². The minimum absolute atomic E-state index is 0.0915. The number of amides is 3. The lowest BCUT2D eigenvalue weighted by Gasteiger charge is -2.42. The van der Waals surface area contributed by atoms with E-state index in [9.17, 15) is 14.4 Å². The molecule has 2 aliphatic heterocycles. The summed E-state index contributed by atoms with van der Waals surface area (Å²) >= 11 is 0. The molecule has 8 heteroatoms. The summed E-state index contributed by atoms with van der Waals surface area (Å²) in [6.07, 6.45) is -0.691. The number of piperazine rings is 1. The van der Waals surface area contributed by atoms with Crippen molar-refractivity contribution >= 4 is 18.1 Å². The third-order valence-corrected chi connectivity index (χ3v) is 4.89. The topological polar surface area (TPSA) is 88.2 Å². The molecule has 1 atom stereocenters. The van der Waals surface area contributed by atoms with Gasteiger partial charge in [-0.3, -0.25) is 9.69 Å². The molecule has 1 aromatic carbocycles. The fourth-order valence-electron chi connectivity index (χ4n) is 3.53. The average molecular weight is 389 g/mol. The number of likely N-dealkylation sites (tertiary alicyclic amines) is 1. The number of nitrogens with zero attached hydrogens (tertiary/aromatic N) is 2. The first-order chi connectivity index (χ1) is 13.2. The Hall–Kier alpha value is -2.77. The van der Waals surface area contributed by atoms with Gasteiger partial charge in [0.15, 0.2) is 0 Å². The lowest BCUT2D eigenvalue weighted by molar-refractivity contribution is -0.135. The van der Waals surface area contributed by atoms with Gasteiger partial charge in [-0.25, -0.2) is 9.59 Å². The van der Waals surface area contributed by atoms with Gasteiger partial charge in [0.2, 0.25) is 5.91 Å². The van der Waals surface area contributed by atoms with E-state index in [4.69, 9.17) is 9.47 Å².